The summed E-state index contributed by atoms with van der Waals surface area (Å²) in [5.41, 5.74) is 6.33. The van der Waals surface area contributed by atoms with Crippen molar-refractivity contribution < 1.29 is 17.9 Å². The normalized spacial score (nSPS) is 11.5. The third-order valence-electron chi connectivity index (χ3n) is 2.08. The number of aryl methyl sites for hydroxylation is 1. The van der Waals surface area contributed by atoms with Crippen LogP contribution in [0.5, 0.6) is 5.75 Å². The van der Waals surface area contributed by atoms with Crippen LogP contribution in [-0.4, -0.2) is 12.9 Å². The van der Waals surface area contributed by atoms with Gasteiger partial charge >= 0.3 is 6.36 Å². The van der Waals surface area contributed by atoms with Crippen LogP contribution < -0.4 is 10.5 Å². The molecule has 1 aromatic rings. The second-order valence-corrected chi connectivity index (χ2v) is 3.44. The van der Waals surface area contributed by atoms with Gasteiger partial charge in [0.15, 0.2) is 0 Å². The van der Waals surface area contributed by atoms with E-state index in [1.165, 1.54) is 12.1 Å². The van der Waals surface area contributed by atoms with Crippen LogP contribution in [0.4, 0.5) is 13.2 Å². The molecule has 0 aliphatic heterocycles. The van der Waals surface area contributed by atoms with E-state index < -0.39 is 6.36 Å². The molecule has 0 saturated carbocycles. The molecule has 2 nitrogen and oxygen atoms in total. The first-order valence-electron chi connectivity index (χ1n) is 5.06. The van der Waals surface area contributed by atoms with Gasteiger partial charge in [-0.1, -0.05) is 12.1 Å². The molecular weight excluding hydrogens is 219 g/mol. The molecule has 0 aliphatic rings. The van der Waals surface area contributed by atoms with Gasteiger partial charge in [0.2, 0.25) is 0 Å². The van der Waals surface area contributed by atoms with Crippen LogP contribution in [0.2, 0.25) is 0 Å². The van der Waals surface area contributed by atoms with Crippen LogP contribution in [0.25, 0.3) is 0 Å². The topological polar surface area (TPSA) is 35.2 Å². The summed E-state index contributed by atoms with van der Waals surface area (Å²) in [4.78, 5) is 0. The highest BCUT2D eigenvalue weighted by atomic mass is 19.4. The zero-order valence-corrected chi connectivity index (χ0v) is 8.76. The molecule has 16 heavy (non-hydrogen) atoms. The first-order chi connectivity index (χ1) is 7.51. The van der Waals surface area contributed by atoms with E-state index in [0.29, 0.717) is 6.54 Å². The molecule has 1 rings (SSSR count). The van der Waals surface area contributed by atoms with Crippen molar-refractivity contribution in [3.8, 4) is 5.75 Å². The summed E-state index contributed by atoms with van der Waals surface area (Å²) in [5, 5.41) is 0. The number of nitrogens with two attached hydrogens (primary N) is 1. The van der Waals surface area contributed by atoms with Crippen LogP contribution >= 0.6 is 0 Å². The minimum absolute atomic E-state index is 0.185. The fraction of sp³-hybridized carbons (Fsp3) is 0.455. The van der Waals surface area contributed by atoms with Gasteiger partial charge in [-0.05, 0) is 43.5 Å². The monoisotopic (exact) mass is 233 g/mol. The van der Waals surface area contributed by atoms with Gasteiger partial charge in [0.05, 0.1) is 0 Å². The van der Waals surface area contributed by atoms with E-state index in [0.717, 1.165) is 24.8 Å². The van der Waals surface area contributed by atoms with E-state index in [4.69, 9.17) is 5.73 Å². The van der Waals surface area contributed by atoms with E-state index in [1.807, 2.05) is 0 Å². The summed E-state index contributed by atoms with van der Waals surface area (Å²) < 4.78 is 39.3. The van der Waals surface area contributed by atoms with Gasteiger partial charge in [-0.25, -0.2) is 0 Å². The molecule has 2 N–H and O–H groups in total. The Bertz CT molecular complexity index is 308. The number of hydrogen-bond acceptors (Lipinski definition) is 2. The lowest BCUT2D eigenvalue weighted by atomic mass is 10.1. The molecule has 0 aliphatic carbocycles. The zero-order valence-electron chi connectivity index (χ0n) is 8.76. The van der Waals surface area contributed by atoms with Gasteiger partial charge in [0.25, 0.3) is 0 Å². The van der Waals surface area contributed by atoms with Crippen LogP contribution in [0.15, 0.2) is 24.3 Å². The average molecular weight is 233 g/mol. The number of ether oxygens (including phenoxy) is 1. The lowest BCUT2D eigenvalue weighted by molar-refractivity contribution is -0.274. The summed E-state index contributed by atoms with van der Waals surface area (Å²) in [6.45, 7) is 0.634. The quantitative estimate of drug-likeness (QED) is 0.794. The second-order valence-electron chi connectivity index (χ2n) is 3.44. The van der Waals surface area contributed by atoms with E-state index in [2.05, 4.69) is 4.74 Å². The van der Waals surface area contributed by atoms with Crippen molar-refractivity contribution in [2.75, 3.05) is 6.54 Å². The molecule has 0 spiro atoms. The van der Waals surface area contributed by atoms with Crippen LogP contribution in [0, 0.1) is 0 Å². The Morgan fingerprint density at radius 1 is 1.06 bits per heavy atom. The van der Waals surface area contributed by atoms with Gasteiger partial charge in [0.1, 0.15) is 5.75 Å². The SMILES string of the molecule is NCCCCc1ccc(OC(F)(F)F)cc1. The Balaban J connectivity index is 2.48. The minimum Gasteiger partial charge on any atom is -0.406 e. The van der Waals surface area contributed by atoms with E-state index in [-0.39, 0.29) is 5.75 Å². The number of halogens is 3. The fourth-order valence-electron chi connectivity index (χ4n) is 1.33. The van der Waals surface area contributed by atoms with Gasteiger partial charge in [-0.3, -0.25) is 0 Å². The van der Waals surface area contributed by atoms with E-state index in [1.54, 1.807) is 12.1 Å². The number of benzene rings is 1. The zero-order chi connectivity index (χ0) is 12.0. The van der Waals surface area contributed by atoms with Gasteiger partial charge in [-0.15, -0.1) is 13.2 Å². The Morgan fingerprint density at radius 3 is 2.19 bits per heavy atom. The summed E-state index contributed by atoms with van der Waals surface area (Å²) >= 11 is 0. The van der Waals surface area contributed by atoms with E-state index in [9.17, 15) is 13.2 Å². The van der Waals surface area contributed by atoms with E-state index >= 15 is 0 Å². The third-order valence-corrected chi connectivity index (χ3v) is 2.08. The fourth-order valence-corrected chi connectivity index (χ4v) is 1.33. The Morgan fingerprint density at radius 2 is 1.69 bits per heavy atom. The maximum Gasteiger partial charge on any atom is 0.573 e. The number of hydrogen-bond donors (Lipinski definition) is 1. The van der Waals surface area contributed by atoms with Gasteiger partial charge in [0, 0.05) is 0 Å². The molecule has 0 atom stereocenters. The number of unbranched alkanes of at least 4 members (excludes halogenated alkanes) is 1. The first kappa shape index (κ1) is 12.8. The molecule has 0 saturated heterocycles. The van der Waals surface area contributed by atoms with Crippen molar-refractivity contribution in [1.29, 1.82) is 0 Å². The van der Waals surface area contributed by atoms with Crippen molar-refractivity contribution in [3.63, 3.8) is 0 Å². The highest BCUT2D eigenvalue weighted by Gasteiger charge is 2.30. The Hall–Kier alpha value is -1.23. The molecule has 5 heteroatoms. The third kappa shape index (κ3) is 5.02. The van der Waals surface area contributed by atoms with Crippen LogP contribution in [-0.2, 0) is 6.42 Å². The molecule has 0 bridgehead atoms. The lowest BCUT2D eigenvalue weighted by Crippen LogP contribution is -2.17. The first-order valence-corrected chi connectivity index (χ1v) is 5.06. The standard InChI is InChI=1S/C11H14F3NO/c12-11(13,14)16-10-6-4-9(5-7-10)3-1-2-8-15/h4-7H,1-3,8,15H2. The molecule has 1 aromatic carbocycles. The maximum atomic E-state index is 11.9. The van der Waals surface area contributed by atoms with Crippen molar-refractivity contribution in [2.45, 2.75) is 25.6 Å². The van der Waals surface area contributed by atoms with Crippen molar-refractivity contribution in [1.82, 2.24) is 0 Å². The summed E-state index contributed by atoms with van der Waals surface area (Å²) in [6, 6.07) is 5.92. The van der Waals surface area contributed by atoms with Gasteiger partial charge in [-0.2, -0.15) is 0 Å². The predicted molar refractivity (Wildman–Crippen MR) is 55.1 cm³/mol. The molecule has 0 fully saturated rings. The molecule has 0 unspecified atom stereocenters. The largest absolute Gasteiger partial charge is 0.573 e. The van der Waals surface area contributed by atoms with Crippen LogP contribution in [0.1, 0.15) is 18.4 Å². The van der Waals surface area contributed by atoms with Crippen molar-refractivity contribution >= 4 is 0 Å². The molecule has 0 amide bonds. The molecule has 0 radical (unpaired) electrons. The van der Waals surface area contributed by atoms with Crippen molar-refractivity contribution in [2.24, 2.45) is 5.73 Å². The minimum atomic E-state index is -4.62. The summed E-state index contributed by atoms with van der Waals surface area (Å²) in [6.07, 6.45) is -1.94. The smallest absolute Gasteiger partial charge is 0.406 e. The molecule has 0 aromatic heterocycles. The highest BCUT2D eigenvalue weighted by molar-refractivity contribution is 5.27. The van der Waals surface area contributed by atoms with Crippen molar-refractivity contribution in [3.05, 3.63) is 29.8 Å². The average Bonchev–Trinajstić information content (AvgIpc) is 2.19. The summed E-state index contributed by atoms with van der Waals surface area (Å²) in [7, 11) is 0. The maximum absolute atomic E-state index is 11.9. The number of alkyl halides is 3. The van der Waals surface area contributed by atoms with Gasteiger partial charge < -0.3 is 10.5 Å². The highest BCUT2D eigenvalue weighted by Crippen LogP contribution is 2.22. The Labute approximate surface area is 92.2 Å². The number of rotatable bonds is 5. The van der Waals surface area contributed by atoms with Crippen LogP contribution in [0.3, 0.4) is 0 Å². The second kappa shape index (κ2) is 5.75. The molecule has 0 heterocycles. The Kier molecular flexibility index (Phi) is 4.61. The lowest BCUT2D eigenvalue weighted by Gasteiger charge is -2.09. The predicted octanol–water partition coefficient (Wildman–Crippen LogP) is 2.87. The summed E-state index contributed by atoms with van der Waals surface area (Å²) in [5.74, 6) is -0.185. The molecular formula is C11H14F3NO. The molecule has 90 valence electrons.